The van der Waals surface area contributed by atoms with Crippen molar-refractivity contribution in [3.63, 3.8) is 0 Å². The maximum absolute atomic E-state index is 12.4. The van der Waals surface area contributed by atoms with Gasteiger partial charge in [0.2, 0.25) is 10.0 Å². The highest BCUT2D eigenvalue weighted by Gasteiger charge is 2.29. The van der Waals surface area contributed by atoms with E-state index in [9.17, 15) is 8.42 Å². The zero-order valence-electron chi connectivity index (χ0n) is 11.3. The fourth-order valence-electron chi connectivity index (χ4n) is 2.65. The van der Waals surface area contributed by atoms with Gasteiger partial charge in [0.05, 0.1) is 11.5 Å². The summed E-state index contributed by atoms with van der Waals surface area (Å²) in [5.74, 6) is 0.663. The van der Waals surface area contributed by atoms with Crippen molar-refractivity contribution in [2.75, 3.05) is 13.1 Å². The lowest BCUT2D eigenvalue weighted by Crippen LogP contribution is -2.38. The van der Waals surface area contributed by atoms with Crippen molar-refractivity contribution in [1.29, 1.82) is 0 Å². The highest BCUT2D eigenvalue weighted by molar-refractivity contribution is 7.89. The Kier molecular flexibility index (Phi) is 4.65. The van der Waals surface area contributed by atoms with E-state index < -0.39 is 10.0 Å². The molecule has 0 spiro atoms. The van der Waals surface area contributed by atoms with Crippen LogP contribution in [0.4, 0.5) is 0 Å². The molecule has 0 amide bonds. The number of nitrogens with one attached hydrogen (secondary N) is 1. The normalized spacial score (nSPS) is 18.8. The minimum Gasteiger partial charge on any atom is -0.390 e. The molecule has 1 aliphatic rings. The van der Waals surface area contributed by atoms with Crippen LogP contribution in [-0.2, 0) is 16.6 Å². The summed E-state index contributed by atoms with van der Waals surface area (Å²) in [6.45, 7) is 3.20. The minimum atomic E-state index is -3.40. The number of aromatic amines is 1. The molecule has 0 aliphatic carbocycles. The van der Waals surface area contributed by atoms with Gasteiger partial charge in [0.25, 0.3) is 0 Å². The first-order valence-electron chi connectivity index (χ1n) is 6.86. The average Bonchev–Trinajstić information content (AvgIpc) is 2.89. The molecule has 19 heavy (non-hydrogen) atoms. The Labute approximate surface area is 114 Å². The van der Waals surface area contributed by atoms with E-state index in [1.165, 1.54) is 18.7 Å². The van der Waals surface area contributed by atoms with Gasteiger partial charge in [-0.3, -0.25) is 0 Å². The molecule has 1 fully saturated rings. The van der Waals surface area contributed by atoms with Crippen molar-refractivity contribution in [1.82, 2.24) is 9.29 Å². The van der Waals surface area contributed by atoms with Gasteiger partial charge in [-0.25, -0.2) is 8.42 Å². The molecule has 2 heterocycles. The zero-order chi connectivity index (χ0) is 13.9. The first-order valence-corrected chi connectivity index (χ1v) is 8.30. The van der Waals surface area contributed by atoms with Crippen LogP contribution in [-0.4, -0.2) is 35.9 Å². The lowest BCUT2D eigenvalue weighted by Gasteiger charge is -2.30. The van der Waals surface area contributed by atoms with Crippen molar-refractivity contribution in [2.45, 2.75) is 44.1 Å². The Hall–Kier alpha value is -0.850. The Morgan fingerprint density at radius 3 is 2.63 bits per heavy atom. The molecule has 1 saturated heterocycles. The molecule has 0 saturated carbocycles. The van der Waals surface area contributed by atoms with Crippen LogP contribution in [0, 0.1) is 5.92 Å². The van der Waals surface area contributed by atoms with Crippen LogP contribution >= 0.6 is 0 Å². The summed E-state index contributed by atoms with van der Waals surface area (Å²) < 4.78 is 26.4. The number of rotatable bonds is 5. The standard InChI is InChI=1S/C13H22N2O3S/c1-2-3-11-4-6-15(7-5-11)19(17,18)13-8-12(10-16)14-9-13/h8-9,11,14,16H,2-7,10H2,1H3. The van der Waals surface area contributed by atoms with Crippen LogP contribution in [0.25, 0.3) is 0 Å². The highest BCUT2D eigenvalue weighted by Crippen LogP contribution is 2.26. The third-order valence-corrected chi connectivity index (χ3v) is 5.67. The number of aromatic nitrogens is 1. The Morgan fingerprint density at radius 1 is 1.42 bits per heavy atom. The Balaban J connectivity index is 2.05. The number of aliphatic hydroxyl groups excluding tert-OH is 1. The minimum absolute atomic E-state index is 0.173. The Bertz CT molecular complexity index is 502. The number of piperidine rings is 1. The summed E-state index contributed by atoms with van der Waals surface area (Å²) in [6, 6.07) is 1.51. The molecule has 0 radical (unpaired) electrons. The van der Waals surface area contributed by atoms with Gasteiger partial charge in [0.1, 0.15) is 0 Å². The fourth-order valence-corrected chi connectivity index (χ4v) is 4.14. The average molecular weight is 286 g/mol. The van der Waals surface area contributed by atoms with Crippen LogP contribution in [0.2, 0.25) is 0 Å². The van der Waals surface area contributed by atoms with Crippen LogP contribution in [0.3, 0.4) is 0 Å². The van der Waals surface area contributed by atoms with E-state index in [2.05, 4.69) is 11.9 Å². The van der Waals surface area contributed by atoms with Gasteiger partial charge in [-0.1, -0.05) is 19.8 Å². The highest BCUT2D eigenvalue weighted by atomic mass is 32.2. The monoisotopic (exact) mass is 286 g/mol. The molecule has 1 aromatic rings. The van der Waals surface area contributed by atoms with Crippen molar-refractivity contribution in [3.05, 3.63) is 18.0 Å². The first kappa shape index (κ1) is 14.6. The maximum atomic E-state index is 12.4. The van der Waals surface area contributed by atoms with Gasteiger partial charge in [-0.05, 0) is 24.8 Å². The number of nitrogens with zero attached hydrogens (tertiary/aromatic N) is 1. The topological polar surface area (TPSA) is 73.4 Å². The summed E-state index contributed by atoms with van der Waals surface area (Å²) in [4.78, 5) is 3.03. The van der Waals surface area contributed by atoms with E-state index in [0.717, 1.165) is 19.3 Å². The van der Waals surface area contributed by atoms with Crippen molar-refractivity contribution in [3.8, 4) is 0 Å². The van der Waals surface area contributed by atoms with E-state index in [-0.39, 0.29) is 11.5 Å². The van der Waals surface area contributed by atoms with Gasteiger partial charge in [0, 0.05) is 25.0 Å². The Morgan fingerprint density at radius 2 is 2.11 bits per heavy atom. The molecular weight excluding hydrogens is 264 g/mol. The SMILES string of the molecule is CCCC1CCN(S(=O)(=O)c2c[nH]c(CO)c2)CC1. The number of hydrogen-bond donors (Lipinski definition) is 2. The molecule has 0 bridgehead atoms. The quantitative estimate of drug-likeness (QED) is 0.865. The van der Waals surface area contributed by atoms with Crippen LogP contribution in [0.5, 0.6) is 0 Å². The third kappa shape index (κ3) is 3.19. The summed E-state index contributed by atoms with van der Waals surface area (Å²) >= 11 is 0. The molecule has 6 heteroatoms. The van der Waals surface area contributed by atoms with Crippen molar-refractivity contribution in [2.24, 2.45) is 5.92 Å². The van der Waals surface area contributed by atoms with E-state index in [4.69, 9.17) is 5.11 Å². The van der Waals surface area contributed by atoms with Crippen LogP contribution in [0.15, 0.2) is 17.2 Å². The molecule has 0 atom stereocenters. The van der Waals surface area contributed by atoms with E-state index in [0.29, 0.717) is 24.7 Å². The van der Waals surface area contributed by atoms with Gasteiger partial charge in [-0.15, -0.1) is 0 Å². The second-order valence-electron chi connectivity index (χ2n) is 5.15. The summed E-state index contributed by atoms with van der Waals surface area (Å²) in [5.41, 5.74) is 0.527. The molecular formula is C13H22N2O3S. The summed E-state index contributed by atoms with van der Waals surface area (Å²) in [7, 11) is -3.40. The summed E-state index contributed by atoms with van der Waals surface area (Å²) in [6.07, 6.45) is 5.70. The molecule has 2 N–H and O–H groups in total. The zero-order valence-corrected chi connectivity index (χ0v) is 12.1. The second-order valence-corrected chi connectivity index (χ2v) is 7.09. The number of aliphatic hydroxyl groups is 1. The van der Waals surface area contributed by atoms with Gasteiger partial charge in [-0.2, -0.15) is 4.31 Å². The lowest BCUT2D eigenvalue weighted by molar-refractivity contribution is 0.262. The molecule has 1 aliphatic heterocycles. The number of hydrogen-bond acceptors (Lipinski definition) is 3. The molecule has 0 aromatic carbocycles. The molecule has 0 unspecified atom stereocenters. The summed E-state index contributed by atoms with van der Waals surface area (Å²) in [5, 5.41) is 8.98. The van der Waals surface area contributed by atoms with Gasteiger partial charge < -0.3 is 10.1 Å². The largest absolute Gasteiger partial charge is 0.390 e. The molecule has 108 valence electrons. The maximum Gasteiger partial charge on any atom is 0.244 e. The fraction of sp³-hybridized carbons (Fsp3) is 0.692. The van der Waals surface area contributed by atoms with Crippen LogP contribution in [0.1, 0.15) is 38.3 Å². The lowest BCUT2D eigenvalue weighted by atomic mass is 9.94. The van der Waals surface area contributed by atoms with Crippen molar-refractivity contribution < 1.29 is 13.5 Å². The molecule has 5 nitrogen and oxygen atoms in total. The molecule has 2 rings (SSSR count). The van der Waals surface area contributed by atoms with E-state index in [1.54, 1.807) is 4.31 Å². The smallest absolute Gasteiger partial charge is 0.244 e. The second kappa shape index (κ2) is 6.07. The number of sulfonamides is 1. The van der Waals surface area contributed by atoms with Gasteiger partial charge in [0.15, 0.2) is 0 Å². The molecule has 1 aromatic heterocycles. The van der Waals surface area contributed by atoms with Gasteiger partial charge >= 0.3 is 0 Å². The first-order chi connectivity index (χ1) is 9.07. The predicted octanol–water partition coefficient (Wildman–Crippen LogP) is 1.71. The number of H-pyrrole nitrogens is 1. The van der Waals surface area contributed by atoms with E-state index in [1.807, 2.05) is 0 Å². The van der Waals surface area contributed by atoms with E-state index >= 15 is 0 Å². The van der Waals surface area contributed by atoms with Crippen LogP contribution < -0.4 is 0 Å². The predicted molar refractivity (Wildman–Crippen MR) is 73.1 cm³/mol. The van der Waals surface area contributed by atoms with Crippen molar-refractivity contribution >= 4 is 10.0 Å². The third-order valence-electron chi connectivity index (χ3n) is 3.79.